The van der Waals surface area contributed by atoms with Crippen LogP contribution < -0.4 is 5.32 Å². The Hall–Kier alpha value is -1.96. The third kappa shape index (κ3) is 3.57. The number of aromatic nitrogens is 5. The summed E-state index contributed by atoms with van der Waals surface area (Å²) in [5, 5.41) is 13.1. The van der Waals surface area contributed by atoms with E-state index < -0.39 is 0 Å². The van der Waals surface area contributed by atoms with Crippen LogP contribution in [0.15, 0.2) is 40.4 Å². The van der Waals surface area contributed by atoms with E-state index >= 15 is 0 Å². The van der Waals surface area contributed by atoms with Crippen LogP contribution in [0.25, 0.3) is 11.3 Å². The Morgan fingerprint density at radius 2 is 2.19 bits per heavy atom. The van der Waals surface area contributed by atoms with Gasteiger partial charge in [0.2, 0.25) is 0 Å². The molecule has 0 spiro atoms. The van der Waals surface area contributed by atoms with Gasteiger partial charge in [-0.15, -0.1) is 0 Å². The van der Waals surface area contributed by atoms with Crippen molar-refractivity contribution in [3.63, 3.8) is 0 Å². The standard InChI is InChI=1S/C12H10N6OSSe/c19-9(15-12-13-7-14-17-12)6-20-11-10(16-18-21-11)8-4-2-1-3-5-8/h1-5,7H,6H2,(H2,13,14,15,17,19). The molecular weight excluding hydrogens is 355 g/mol. The Morgan fingerprint density at radius 1 is 1.33 bits per heavy atom. The molecule has 1 amide bonds. The van der Waals surface area contributed by atoms with Crippen LogP contribution in [0.3, 0.4) is 0 Å². The third-order valence-electron chi connectivity index (χ3n) is 2.51. The topological polar surface area (TPSA) is 96.5 Å². The van der Waals surface area contributed by atoms with E-state index in [4.69, 9.17) is 0 Å². The molecule has 3 rings (SSSR count). The van der Waals surface area contributed by atoms with Gasteiger partial charge in [0.25, 0.3) is 0 Å². The Labute approximate surface area is 130 Å². The van der Waals surface area contributed by atoms with Crippen LogP contribution in [0, 0.1) is 0 Å². The zero-order valence-corrected chi connectivity index (χ0v) is 13.2. The van der Waals surface area contributed by atoms with E-state index in [0.717, 1.165) is 15.0 Å². The number of rotatable bonds is 5. The van der Waals surface area contributed by atoms with E-state index in [1.807, 2.05) is 30.3 Å². The SMILES string of the molecule is O=C(CSc1[se]nnc1-c1ccccc1)Nc1ncn[nH]1. The summed E-state index contributed by atoms with van der Waals surface area (Å²) in [5.74, 6) is 0.502. The first kappa shape index (κ1) is 14.0. The molecule has 3 aromatic rings. The van der Waals surface area contributed by atoms with Crippen molar-refractivity contribution >= 4 is 38.4 Å². The fourth-order valence-electron chi connectivity index (χ4n) is 1.61. The number of H-pyrrole nitrogens is 1. The Kier molecular flexibility index (Phi) is 4.44. The van der Waals surface area contributed by atoms with E-state index in [2.05, 4.69) is 29.7 Å². The summed E-state index contributed by atoms with van der Waals surface area (Å²) < 4.78 is 5.17. The fraction of sp³-hybridized carbons (Fsp3) is 0.0833. The van der Waals surface area contributed by atoms with E-state index in [0.29, 0.717) is 11.7 Å². The quantitative estimate of drug-likeness (QED) is 0.518. The molecule has 0 unspecified atom stereocenters. The normalized spacial score (nSPS) is 10.5. The van der Waals surface area contributed by atoms with Gasteiger partial charge in [0, 0.05) is 0 Å². The molecule has 0 saturated heterocycles. The summed E-state index contributed by atoms with van der Waals surface area (Å²) in [5.41, 5.74) is 1.90. The Bertz CT molecular complexity index is 714. The van der Waals surface area contributed by atoms with Crippen LogP contribution in [0.4, 0.5) is 5.95 Å². The second-order valence-electron chi connectivity index (χ2n) is 3.95. The zero-order chi connectivity index (χ0) is 14.5. The van der Waals surface area contributed by atoms with Gasteiger partial charge in [-0.05, 0) is 0 Å². The number of nitrogens with zero attached hydrogens (tertiary/aromatic N) is 4. The zero-order valence-electron chi connectivity index (χ0n) is 10.7. The van der Waals surface area contributed by atoms with Crippen LogP contribution in [-0.2, 0) is 4.79 Å². The molecule has 0 atom stereocenters. The summed E-state index contributed by atoms with van der Waals surface area (Å²) in [7, 11) is 0. The second kappa shape index (κ2) is 6.66. The molecule has 9 heteroatoms. The molecule has 0 fully saturated rings. The molecule has 0 aliphatic carbocycles. The summed E-state index contributed by atoms with van der Waals surface area (Å²) in [6.45, 7) is 0. The molecule has 0 aliphatic heterocycles. The fourth-order valence-corrected chi connectivity index (χ4v) is 4.10. The van der Waals surface area contributed by atoms with Crippen molar-refractivity contribution in [2.24, 2.45) is 0 Å². The predicted molar refractivity (Wildman–Crippen MR) is 80.1 cm³/mol. The van der Waals surface area contributed by atoms with Gasteiger partial charge in [0.1, 0.15) is 0 Å². The minimum atomic E-state index is -0.139. The van der Waals surface area contributed by atoms with Gasteiger partial charge in [0.05, 0.1) is 0 Å². The number of hydrogen-bond acceptors (Lipinski definition) is 6. The number of anilines is 1. The number of thioether (sulfide) groups is 1. The number of carbonyl (C=O) groups excluding carboxylic acids is 1. The minimum absolute atomic E-state index is 0.0532. The van der Waals surface area contributed by atoms with Crippen molar-refractivity contribution in [2.75, 3.05) is 11.1 Å². The number of amides is 1. The number of carbonyl (C=O) groups is 1. The molecular formula is C12H10N6OSSe. The van der Waals surface area contributed by atoms with Gasteiger partial charge >= 0.3 is 130 Å². The summed E-state index contributed by atoms with van der Waals surface area (Å²) in [6.07, 6.45) is 1.34. The Balaban J connectivity index is 1.64. The van der Waals surface area contributed by atoms with Gasteiger partial charge in [-0.2, -0.15) is 0 Å². The summed E-state index contributed by atoms with van der Waals surface area (Å²) in [6, 6.07) is 9.86. The predicted octanol–water partition coefficient (Wildman–Crippen LogP) is 1.05. The monoisotopic (exact) mass is 366 g/mol. The van der Waals surface area contributed by atoms with Crippen molar-refractivity contribution in [3.05, 3.63) is 36.7 Å². The molecule has 1 aromatic carbocycles. The molecule has 21 heavy (non-hydrogen) atoms. The van der Waals surface area contributed by atoms with Gasteiger partial charge < -0.3 is 0 Å². The van der Waals surface area contributed by atoms with Crippen LogP contribution in [0.5, 0.6) is 0 Å². The third-order valence-corrected chi connectivity index (χ3v) is 5.60. The van der Waals surface area contributed by atoms with Gasteiger partial charge in [-0.1, -0.05) is 0 Å². The first-order valence-electron chi connectivity index (χ1n) is 5.99. The van der Waals surface area contributed by atoms with Gasteiger partial charge in [0.15, 0.2) is 0 Å². The molecule has 0 aliphatic rings. The molecule has 106 valence electrons. The first-order chi connectivity index (χ1) is 10.3. The van der Waals surface area contributed by atoms with Crippen LogP contribution >= 0.6 is 11.8 Å². The van der Waals surface area contributed by atoms with Gasteiger partial charge in [-0.3, -0.25) is 0 Å². The van der Waals surface area contributed by atoms with E-state index in [1.165, 1.54) is 18.1 Å². The molecule has 0 bridgehead atoms. The van der Waals surface area contributed by atoms with Crippen molar-refractivity contribution < 1.29 is 4.79 Å². The second-order valence-corrected chi connectivity index (χ2v) is 7.10. The number of benzene rings is 1. The van der Waals surface area contributed by atoms with Crippen molar-refractivity contribution in [2.45, 2.75) is 3.77 Å². The number of nitrogens with one attached hydrogen (secondary N) is 2. The average Bonchev–Trinajstić information content (AvgIpc) is 3.17. The molecule has 2 aromatic heterocycles. The van der Waals surface area contributed by atoms with Crippen molar-refractivity contribution in [1.29, 1.82) is 0 Å². The summed E-state index contributed by atoms with van der Waals surface area (Å²) >= 11 is 1.41. The summed E-state index contributed by atoms with van der Waals surface area (Å²) in [4.78, 5) is 15.7. The molecule has 2 heterocycles. The molecule has 2 N–H and O–H groups in total. The first-order valence-corrected chi connectivity index (χ1v) is 8.59. The van der Waals surface area contributed by atoms with E-state index in [9.17, 15) is 4.79 Å². The van der Waals surface area contributed by atoms with E-state index in [1.54, 1.807) is 0 Å². The van der Waals surface area contributed by atoms with Crippen molar-refractivity contribution in [1.82, 2.24) is 24.4 Å². The van der Waals surface area contributed by atoms with Crippen LogP contribution in [0.1, 0.15) is 0 Å². The maximum absolute atomic E-state index is 11.8. The molecule has 0 saturated carbocycles. The average molecular weight is 365 g/mol. The molecule has 7 nitrogen and oxygen atoms in total. The van der Waals surface area contributed by atoms with Gasteiger partial charge in [-0.25, -0.2) is 0 Å². The van der Waals surface area contributed by atoms with Crippen LogP contribution in [0.2, 0.25) is 0 Å². The Morgan fingerprint density at radius 3 is 2.95 bits per heavy atom. The van der Waals surface area contributed by atoms with Crippen molar-refractivity contribution in [3.8, 4) is 11.3 Å². The number of hydrogen-bond donors (Lipinski definition) is 2. The van der Waals surface area contributed by atoms with E-state index in [-0.39, 0.29) is 20.6 Å². The number of aromatic amines is 1. The maximum atomic E-state index is 11.8. The molecule has 0 radical (unpaired) electrons. The van der Waals surface area contributed by atoms with Crippen LogP contribution in [-0.4, -0.2) is 50.8 Å².